The molecule has 90 valence electrons. The number of hydrogen-bond donors (Lipinski definition) is 0. The van der Waals surface area contributed by atoms with Crippen molar-refractivity contribution in [2.45, 2.75) is 39.9 Å². The predicted molar refractivity (Wildman–Crippen MR) is 70.7 cm³/mol. The molecule has 0 unspecified atom stereocenters. The highest BCUT2D eigenvalue weighted by Crippen LogP contribution is 2.39. The molecule has 0 aromatic heterocycles. The highest BCUT2D eigenvalue weighted by Gasteiger charge is 2.14. The SMILES string of the molecule is CC(C)Oc1cc(Br)cc(Cl)c1OC(C)C. The van der Waals surface area contributed by atoms with Gasteiger partial charge in [0.2, 0.25) is 0 Å². The zero-order valence-electron chi connectivity index (χ0n) is 9.88. The van der Waals surface area contributed by atoms with E-state index in [-0.39, 0.29) is 12.2 Å². The molecule has 0 atom stereocenters. The van der Waals surface area contributed by atoms with E-state index >= 15 is 0 Å². The fraction of sp³-hybridized carbons (Fsp3) is 0.500. The molecule has 0 aliphatic heterocycles. The van der Waals surface area contributed by atoms with Crippen LogP contribution in [-0.2, 0) is 0 Å². The van der Waals surface area contributed by atoms with E-state index in [1.54, 1.807) is 6.07 Å². The first-order valence-corrected chi connectivity index (χ1v) is 6.39. The third-order valence-corrected chi connectivity index (χ3v) is 2.43. The lowest BCUT2D eigenvalue weighted by atomic mass is 10.3. The number of ether oxygens (including phenoxy) is 2. The van der Waals surface area contributed by atoms with Crippen molar-refractivity contribution < 1.29 is 9.47 Å². The summed E-state index contributed by atoms with van der Waals surface area (Å²) >= 11 is 9.51. The molecule has 0 radical (unpaired) electrons. The largest absolute Gasteiger partial charge is 0.487 e. The summed E-state index contributed by atoms with van der Waals surface area (Å²) in [6.07, 6.45) is 0.146. The molecular weight excluding hydrogens is 291 g/mol. The van der Waals surface area contributed by atoms with Crippen LogP contribution in [0.4, 0.5) is 0 Å². The fourth-order valence-corrected chi connectivity index (χ4v) is 2.05. The first-order chi connectivity index (χ1) is 7.40. The van der Waals surface area contributed by atoms with Crippen LogP contribution in [0.1, 0.15) is 27.7 Å². The average molecular weight is 308 g/mol. The van der Waals surface area contributed by atoms with Crippen molar-refractivity contribution >= 4 is 27.5 Å². The van der Waals surface area contributed by atoms with Crippen LogP contribution in [0.3, 0.4) is 0 Å². The van der Waals surface area contributed by atoms with E-state index in [4.69, 9.17) is 21.1 Å². The van der Waals surface area contributed by atoms with Crippen LogP contribution in [0, 0.1) is 0 Å². The summed E-state index contributed by atoms with van der Waals surface area (Å²) in [6, 6.07) is 3.66. The van der Waals surface area contributed by atoms with Gasteiger partial charge in [-0.05, 0) is 39.8 Å². The van der Waals surface area contributed by atoms with E-state index in [0.29, 0.717) is 16.5 Å². The minimum absolute atomic E-state index is 0.0631. The first-order valence-electron chi connectivity index (χ1n) is 5.22. The molecule has 1 rings (SSSR count). The molecular formula is C12H16BrClO2. The van der Waals surface area contributed by atoms with Crippen molar-refractivity contribution in [3.63, 3.8) is 0 Å². The molecule has 0 fully saturated rings. The van der Waals surface area contributed by atoms with Crippen molar-refractivity contribution in [1.29, 1.82) is 0 Å². The minimum Gasteiger partial charge on any atom is -0.487 e. The van der Waals surface area contributed by atoms with Crippen molar-refractivity contribution in [2.75, 3.05) is 0 Å². The Balaban J connectivity index is 3.10. The summed E-state index contributed by atoms with van der Waals surface area (Å²) in [5.74, 6) is 1.27. The Morgan fingerprint density at radius 3 is 2.12 bits per heavy atom. The maximum Gasteiger partial charge on any atom is 0.180 e. The normalized spacial score (nSPS) is 11.0. The van der Waals surface area contributed by atoms with Crippen molar-refractivity contribution in [2.24, 2.45) is 0 Å². The third kappa shape index (κ3) is 3.87. The zero-order valence-corrected chi connectivity index (χ0v) is 12.2. The maximum atomic E-state index is 6.13. The van der Waals surface area contributed by atoms with Gasteiger partial charge in [-0.25, -0.2) is 0 Å². The second-order valence-corrected chi connectivity index (χ2v) is 5.37. The van der Waals surface area contributed by atoms with Gasteiger partial charge in [0.1, 0.15) is 0 Å². The monoisotopic (exact) mass is 306 g/mol. The molecule has 0 saturated heterocycles. The van der Waals surface area contributed by atoms with Crippen LogP contribution in [0.5, 0.6) is 11.5 Å². The van der Waals surface area contributed by atoms with E-state index in [1.807, 2.05) is 33.8 Å². The molecule has 16 heavy (non-hydrogen) atoms. The van der Waals surface area contributed by atoms with Gasteiger partial charge in [0.15, 0.2) is 11.5 Å². The highest BCUT2D eigenvalue weighted by molar-refractivity contribution is 9.10. The summed E-state index contributed by atoms with van der Waals surface area (Å²) in [7, 11) is 0. The van der Waals surface area contributed by atoms with Gasteiger partial charge in [-0.15, -0.1) is 0 Å². The lowest BCUT2D eigenvalue weighted by molar-refractivity contribution is 0.199. The quantitative estimate of drug-likeness (QED) is 0.804. The molecule has 0 spiro atoms. The average Bonchev–Trinajstić information content (AvgIpc) is 2.09. The van der Waals surface area contributed by atoms with Gasteiger partial charge < -0.3 is 9.47 Å². The Bertz CT molecular complexity index is 364. The Hall–Kier alpha value is -0.410. The number of hydrogen-bond acceptors (Lipinski definition) is 2. The first kappa shape index (κ1) is 13.7. The number of halogens is 2. The van der Waals surface area contributed by atoms with Gasteiger partial charge >= 0.3 is 0 Å². The Morgan fingerprint density at radius 1 is 1.06 bits per heavy atom. The van der Waals surface area contributed by atoms with E-state index < -0.39 is 0 Å². The molecule has 4 heteroatoms. The Kier molecular flexibility index (Phi) is 4.93. The summed E-state index contributed by atoms with van der Waals surface area (Å²) in [6.45, 7) is 7.84. The molecule has 1 aromatic carbocycles. The van der Waals surface area contributed by atoms with E-state index in [2.05, 4.69) is 15.9 Å². The molecule has 0 N–H and O–H groups in total. The second kappa shape index (κ2) is 5.78. The topological polar surface area (TPSA) is 18.5 Å². The lowest BCUT2D eigenvalue weighted by Crippen LogP contribution is -2.11. The van der Waals surface area contributed by atoms with Crippen molar-refractivity contribution in [3.8, 4) is 11.5 Å². The second-order valence-electron chi connectivity index (χ2n) is 4.05. The molecule has 0 bridgehead atoms. The van der Waals surface area contributed by atoms with Gasteiger partial charge in [0.05, 0.1) is 17.2 Å². The number of benzene rings is 1. The Labute approximate surface area is 110 Å². The van der Waals surface area contributed by atoms with E-state index in [0.717, 1.165) is 4.47 Å². The molecule has 1 aromatic rings. The minimum atomic E-state index is 0.0631. The fourth-order valence-electron chi connectivity index (χ4n) is 1.23. The molecule has 0 aliphatic rings. The van der Waals surface area contributed by atoms with Crippen LogP contribution in [0.25, 0.3) is 0 Å². The molecule has 0 amide bonds. The standard InChI is InChI=1S/C12H16BrClO2/c1-7(2)15-11-6-9(13)5-10(14)12(11)16-8(3)4/h5-8H,1-4H3. The van der Waals surface area contributed by atoms with E-state index in [9.17, 15) is 0 Å². The van der Waals surface area contributed by atoms with Crippen LogP contribution in [0.15, 0.2) is 16.6 Å². The summed E-state index contributed by atoms with van der Waals surface area (Å²) < 4.78 is 12.2. The van der Waals surface area contributed by atoms with Gasteiger partial charge in [-0.3, -0.25) is 0 Å². The van der Waals surface area contributed by atoms with Crippen LogP contribution in [-0.4, -0.2) is 12.2 Å². The lowest BCUT2D eigenvalue weighted by Gasteiger charge is -2.18. The van der Waals surface area contributed by atoms with Gasteiger partial charge in [-0.1, -0.05) is 27.5 Å². The smallest absolute Gasteiger partial charge is 0.180 e. The predicted octanol–water partition coefficient (Wildman–Crippen LogP) is 4.68. The summed E-state index contributed by atoms with van der Waals surface area (Å²) in [5, 5.41) is 0.554. The van der Waals surface area contributed by atoms with Gasteiger partial charge in [0, 0.05) is 4.47 Å². The molecule has 0 saturated carbocycles. The van der Waals surface area contributed by atoms with Crippen LogP contribution < -0.4 is 9.47 Å². The summed E-state index contributed by atoms with van der Waals surface area (Å²) in [5.41, 5.74) is 0. The Morgan fingerprint density at radius 2 is 1.62 bits per heavy atom. The summed E-state index contributed by atoms with van der Waals surface area (Å²) in [4.78, 5) is 0. The number of rotatable bonds is 4. The molecule has 0 aliphatic carbocycles. The molecule has 0 heterocycles. The van der Waals surface area contributed by atoms with Gasteiger partial charge in [0.25, 0.3) is 0 Å². The van der Waals surface area contributed by atoms with Crippen molar-refractivity contribution in [3.05, 3.63) is 21.6 Å². The zero-order chi connectivity index (χ0) is 12.3. The van der Waals surface area contributed by atoms with Crippen molar-refractivity contribution in [1.82, 2.24) is 0 Å². The highest BCUT2D eigenvalue weighted by atomic mass is 79.9. The van der Waals surface area contributed by atoms with Crippen LogP contribution >= 0.6 is 27.5 Å². The van der Waals surface area contributed by atoms with Gasteiger partial charge in [-0.2, -0.15) is 0 Å². The molecule has 2 nitrogen and oxygen atoms in total. The van der Waals surface area contributed by atoms with E-state index in [1.165, 1.54) is 0 Å². The third-order valence-electron chi connectivity index (χ3n) is 1.69. The maximum absolute atomic E-state index is 6.13. The van der Waals surface area contributed by atoms with Crippen LogP contribution in [0.2, 0.25) is 5.02 Å².